The standard InChI is InChI=1S/C38H39ClN4O9S/c1-24-10-12-26(13-11-24)27-14-16-28(17-15-27)51-29-21-34(42(23-29)37(46)52-38(2,3)4)36(45)40-32(20-25-8-6-5-7-9-25)35(44)41-53(49,50)30-18-19-31(39)33(22-30)43(47)48/h5-19,22,29,32,34H,20-21,23H2,1-4H3,(H,40,45)(H,41,44)/t29-,32-,34-/m0/s1. The lowest BCUT2D eigenvalue weighted by molar-refractivity contribution is -0.384. The number of sulfonamides is 1. The zero-order valence-corrected chi connectivity index (χ0v) is 31.0. The van der Waals surface area contributed by atoms with Gasteiger partial charge in [0.25, 0.3) is 21.6 Å². The minimum Gasteiger partial charge on any atom is -0.488 e. The number of halogens is 1. The number of nitrogens with one attached hydrogen (secondary N) is 2. The van der Waals surface area contributed by atoms with E-state index in [1.54, 1.807) is 63.2 Å². The average Bonchev–Trinajstić information content (AvgIpc) is 3.52. The van der Waals surface area contributed by atoms with Crippen molar-refractivity contribution >= 4 is 45.2 Å². The SMILES string of the molecule is Cc1ccc(-c2ccc(O[C@H]3C[C@@H](C(=O)N[C@@H](Cc4ccccc4)C(=O)NS(=O)(=O)c4ccc(Cl)c([N+](=O)[O-])c4)N(C(=O)OC(C)(C)C)C3)cc2)cc1. The summed E-state index contributed by atoms with van der Waals surface area (Å²) in [6, 6.07) is 24.3. The van der Waals surface area contributed by atoms with Crippen LogP contribution in [0.5, 0.6) is 5.75 Å². The number of carbonyl (C=O) groups is 3. The van der Waals surface area contributed by atoms with Gasteiger partial charge in [-0.15, -0.1) is 0 Å². The van der Waals surface area contributed by atoms with Gasteiger partial charge in [-0.05, 0) is 68.7 Å². The van der Waals surface area contributed by atoms with E-state index < -0.39 is 67.2 Å². The highest BCUT2D eigenvalue weighted by atomic mass is 35.5. The molecule has 1 aliphatic rings. The van der Waals surface area contributed by atoms with Crippen molar-refractivity contribution < 1.29 is 37.2 Å². The lowest BCUT2D eigenvalue weighted by atomic mass is 10.0. The van der Waals surface area contributed by atoms with Gasteiger partial charge in [0.05, 0.1) is 16.4 Å². The molecule has 1 saturated heterocycles. The number of carbonyl (C=O) groups excluding carboxylic acids is 3. The Labute approximate surface area is 312 Å². The third-order valence-electron chi connectivity index (χ3n) is 8.31. The first-order valence-electron chi connectivity index (χ1n) is 16.7. The van der Waals surface area contributed by atoms with E-state index in [9.17, 15) is 32.9 Å². The molecule has 53 heavy (non-hydrogen) atoms. The van der Waals surface area contributed by atoms with Crippen molar-refractivity contribution in [2.45, 2.75) is 69.2 Å². The molecule has 0 unspecified atom stereocenters. The molecule has 0 aromatic heterocycles. The molecule has 1 aliphatic heterocycles. The average molecular weight is 763 g/mol. The zero-order chi connectivity index (χ0) is 38.5. The first-order valence-corrected chi connectivity index (χ1v) is 18.5. The van der Waals surface area contributed by atoms with Gasteiger partial charge in [0.2, 0.25) is 5.91 Å². The zero-order valence-electron chi connectivity index (χ0n) is 29.4. The fraction of sp³-hybridized carbons (Fsp3) is 0.289. The second-order valence-electron chi connectivity index (χ2n) is 13.6. The maximum Gasteiger partial charge on any atom is 0.411 e. The maximum atomic E-state index is 14.0. The van der Waals surface area contributed by atoms with Crippen LogP contribution < -0.4 is 14.8 Å². The van der Waals surface area contributed by atoms with Crippen LogP contribution in [0.1, 0.15) is 38.3 Å². The van der Waals surface area contributed by atoms with E-state index >= 15 is 0 Å². The number of hydrogen-bond acceptors (Lipinski definition) is 9. The predicted molar refractivity (Wildman–Crippen MR) is 198 cm³/mol. The minimum absolute atomic E-state index is 0.00795. The molecular formula is C38H39ClN4O9S. The number of benzene rings is 4. The molecule has 15 heteroatoms. The highest BCUT2D eigenvalue weighted by Gasteiger charge is 2.44. The molecule has 0 radical (unpaired) electrons. The Kier molecular flexibility index (Phi) is 11.7. The monoisotopic (exact) mass is 762 g/mol. The number of nitro groups is 1. The second-order valence-corrected chi connectivity index (χ2v) is 15.7. The Morgan fingerprint density at radius 2 is 1.58 bits per heavy atom. The summed E-state index contributed by atoms with van der Waals surface area (Å²) in [5.41, 5.74) is 2.20. The molecule has 1 heterocycles. The van der Waals surface area contributed by atoms with Crippen LogP contribution in [0.25, 0.3) is 11.1 Å². The first kappa shape index (κ1) is 38.8. The van der Waals surface area contributed by atoms with Crippen molar-refractivity contribution in [2.24, 2.45) is 0 Å². The molecule has 3 amide bonds. The quantitative estimate of drug-likeness (QED) is 0.133. The number of rotatable bonds is 11. The van der Waals surface area contributed by atoms with Crippen molar-refractivity contribution in [3.8, 4) is 16.9 Å². The Morgan fingerprint density at radius 1 is 0.962 bits per heavy atom. The summed E-state index contributed by atoms with van der Waals surface area (Å²) in [4.78, 5) is 52.2. The number of nitrogens with zero attached hydrogens (tertiary/aromatic N) is 2. The smallest absolute Gasteiger partial charge is 0.411 e. The number of aryl methyl sites for hydroxylation is 1. The summed E-state index contributed by atoms with van der Waals surface area (Å²) in [6.07, 6.45) is -1.49. The van der Waals surface area contributed by atoms with Crippen LogP contribution in [0.4, 0.5) is 10.5 Å². The van der Waals surface area contributed by atoms with Crippen LogP contribution >= 0.6 is 11.6 Å². The molecule has 0 aliphatic carbocycles. The second kappa shape index (κ2) is 16.0. The molecule has 5 rings (SSSR count). The van der Waals surface area contributed by atoms with E-state index in [0.717, 1.165) is 34.9 Å². The van der Waals surface area contributed by atoms with E-state index in [2.05, 4.69) is 5.32 Å². The summed E-state index contributed by atoms with van der Waals surface area (Å²) in [5.74, 6) is -1.33. The minimum atomic E-state index is -4.65. The summed E-state index contributed by atoms with van der Waals surface area (Å²) < 4.78 is 40.2. The van der Waals surface area contributed by atoms with Gasteiger partial charge in [-0.3, -0.25) is 24.6 Å². The number of ether oxygens (including phenoxy) is 2. The van der Waals surface area contributed by atoms with Crippen LogP contribution in [0.2, 0.25) is 5.02 Å². The van der Waals surface area contributed by atoms with Crippen LogP contribution in [0.15, 0.2) is 102 Å². The predicted octanol–water partition coefficient (Wildman–Crippen LogP) is 6.21. The van der Waals surface area contributed by atoms with E-state index in [1.165, 1.54) is 4.90 Å². The summed E-state index contributed by atoms with van der Waals surface area (Å²) in [7, 11) is -4.65. The van der Waals surface area contributed by atoms with Crippen molar-refractivity contribution in [3.05, 3.63) is 123 Å². The summed E-state index contributed by atoms with van der Waals surface area (Å²) in [6.45, 7) is 7.08. The van der Waals surface area contributed by atoms with Gasteiger partial charge in [-0.25, -0.2) is 17.9 Å². The van der Waals surface area contributed by atoms with E-state index in [0.29, 0.717) is 11.3 Å². The van der Waals surface area contributed by atoms with Crippen molar-refractivity contribution in [1.29, 1.82) is 0 Å². The van der Waals surface area contributed by atoms with Crippen LogP contribution in [-0.4, -0.2) is 66.5 Å². The molecule has 0 saturated carbocycles. The Bertz CT molecular complexity index is 2090. The van der Waals surface area contributed by atoms with Crippen LogP contribution in [0, 0.1) is 17.0 Å². The van der Waals surface area contributed by atoms with Gasteiger partial charge in [0, 0.05) is 18.9 Å². The molecule has 1 fully saturated rings. The van der Waals surface area contributed by atoms with Crippen LogP contribution in [-0.2, 0) is 30.8 Å². The van der Waals surface area contributed by atoms with Gasteiger partial charge in [0.1, 0.15) is 34.6 Å². The molecule has 3 atom stereocenters. The lowest BCUT2D eigenvalue weighted by Crippen LogP contribution is -2.55. The Hall–Kier alpha value is -5.47. The maximum absolute atomic E-state index is 14.0. The summed E-state index contributed by atoms with van der Waals surface area (Å²) in [5, 5.41) is 13.7. The molecule has 2 N–H and O–H groups in total. The van der Waals surface area contributed by atoms with E-state index in [-0.39, 0.29) is 24.4 Å². The lowest BCUT2D eigenvalue weighted by Gasteiger charge is -2.28. The largest absolute Gasteiger partial charge is 0.488 e. The van der Waals surface area contributed by atoms with Gasteiger partial charge < -0.3 is 14.8 Å². The van der Waals surface area contributed by atoms with Crippen molar-refractivity contribution in [2.75, 3.05) is 6.54 Å². The third kappa shape index (κ3) is 10.1. The van der Waals surface area contributed by atoms with Gasteiger partial charge in [-0.1, -0.05) is 83.9 Å². The topological polar surface area (TPSA) is 174 Å². The Balaban J connectivity index is 1.37. The molecule has 0 bridgehead atoms. The van der Waals surface area contributed by atoms with Gasteiger partial charge in [-0.2, -0.15) is 0 Å². The first-order chi connectivity index (χ1) is 25.0. The van der Waals surface area contributed by atoms with Crippen molar-refractivity contribution in [1.82, 2.24) is 14.9 Å². The number of nitro benzene ring substituents is 1. The van der Waals surface area contributed by atoms with Gasteiger partial charge in [0.15, 0.2) is 0 Å². The fourth-order valence-electron chi connectivity index (χ4n) is 5.71. The molecule has 4 aromatic carbocycles. The highest BCUT2D eigenvalue weighted by molar-refractivity contribution is 7.90. The third-order valence-corrected chi connectivity index (χ3v) is 9.97. The van der Waals surface area contributed by atoms with Gasteiger partial charge >= 0.3 is 6.09 Å². The molecule has 13 nitrogen and oxygen atoms in total. The number of likely N-dealkylation sites (tertiary alicyclic amines) is 1. The molecule has 0 spiro atoms. The van der Waals surface area contributed by atoms with Crippen LogP contribution in [0.3, 0.4) is 0 Å². The highest BCUT2D eigenvalue weighted by Crippen LogP contribution is 2.29. The molecule has 4 aromatic rings. The number of amides is 3. The molecule has 278 valence electrons. The van der Waals surface area contributed by atoms with E-state index in [1.807, 2.05) is 48.0 Å². The normalized spacial score (nSPS) is 16.4. The summed E-state index contributed by atoms with van der Waals surface area (Å²) >= 11 is 5.85. The molecular weight excluding hydrogens is 724 g/mol. The Morgan fingerprint density at radius 3 is 2.19 bits per heavy atom. The van der Waals surface area contributed by atoms with E-state index in [4.69, 9.17) is 21.1 Å². The fourth-order valence-corrected chi connectivity index (χ4v) is 6.93. The number of hydrogen-bond donors (Lipinski definition) is 2. The van der Waals surface area contributed by atoms with Crippen molar-refractivity contribution in [3.63, 3.8) is 0 Å².